The lowest BCUT2D eigenvalue weighted by Crippen LogP contribution is -2.33. The molecule has 0 aromatic heterocycles. The Bertz CT molecular complexity index is 263. The molecule has 0 N–H and O–H groups in total. The summed E-state index contributed by atoms with van der Waals surface area (Å²) in [5.74, 6) is -1.56. The lowest BCUT2D eigenvalue weighted by Gasteiger charge is -2.19. The molecule has 0 saturated carbocycles. The predicted octanol–water partition coefficient (Wildman–Crippen LogP) is 2.21. The molecule has 0 heterocycles. The van der Waals surface area contributed by atoms with E-state index in [-0.39, 0.29) is 19.4 Å². The molecule has 0 aromatic carbocycles. The summed E-state index contributed by atoms with van der Waals surface area (Å²) in [6.45, 7) is 2.70. The van der Waals surface area contributed by atoms with Crippen molar-refractivity contribution in [3.8, 4) is 0 Å². The van der Waals surface area contributed by atoms with E-state index >= 15 is 0 Å². The molecule has 0 bridgehead atoms. The summed E-state index contributed by atoms with van der Waals surface area (Å²) in [5.41, 5.74) is 0. The third-order valence-electron chi connectivity index (χ3n) is 1.83. The van der Waals surface area contributed by atoms with E-state index in [4.69, 9.17) is 0 Å². The Kier molecular flexibility index (Phi) is 6.60. The van der Waals surface area contributed by atoms with E-state index in [0.717, 1.165) is 6.92 Å². The standard InChI is InChI=1S/C10H15F3O4/c1-3-16-9(15)6-4-5-8(10(11,12)13)17-7(2)14/h8H,3-6H2,1-2H3/t8-/m1/s1. The molecule has 0 rings (SSSR count). The average Bonchev–Trinajstić information content (AvgIpc) is 2.14. The van der Waals surface area contributed by atoms with Gasteiger partial charge in [0.2, 0.25) is 0 Å². The molecule has 17 heavy (non-hydrogen) atoms. The Labute approximate surface area is 97.1 Å². The van der Waals surface area contributed by atoms with Crippen LogP contribution in [0.1, 0.15) is 33.1 Å². The summed E-state index contributed by atoms with van der Waals surface area (Å²) < 4.78 is 45.8. The Morgan fingerprint density at radius 3 is 2.29 bits per heavy atom. The van der Waals surface area contributed by atoms with Crippen molar-refractivity contribution in [2.24, 2.45) is 0 Å². The monoisotopic (exact) mass is 256 g/mol. The van der Waals surface area contributed by atoms with Crippen LogP contribution in [0.3, 0.4) is 0 Å². The molecule has 1 atom stereocenters. The second-order valence-corrected chi connectivity index (χ2v) is 3.34. The van der Waals surface area contributed by atoms with E-state index < -0.39 is 30.6 Å². The second kappa shape index (κ2) is 7.13. The lowest BCUT2D eigenvalue weighted by molar-refractivity contribution is -0.221. The Morgan fingerprint density at radius 1 is 1.29 bits per heavy atom. The van der Waals surface area contributed by atoms with Crippen molar-refractivity contribution in [3.05, 3.63) is 0 Å². The first kappa shape index (κ1) is 15.7. The van der Waals surface area contributed by atoms with Crippen molar-refractivity contribution in [3.63, 3.8) is 0 Å². The zero-order valence-electron chi connectivity index (χ0n) is 9.67. The van der Waals surface area contributed by atoms with E-state index in [1.165, 1.54) is 0 Å². The number of carbonyl (C=O) groups is 2. The second-order valence-electron chi connectivity index (χ2n) is 3.34. The van der Waals surface area contributed by atoms with Gasteiger partial charge in [0.05, 0.1) is 6.61 Å². The van der Waals surface area contributed by atoms with Crippen LogP contribution in [-0.4, -0.2) is 30.8 Å². The SMILES string of the molecule is CCOC(=O)CCC[C@@H](OC(C)=O)C(F)(F)F. The molecule has 0 aliphatic heterocycles. The van der Waals surface area contributed by atoms with Crippen molar-refractivity contribution in [1.29, 1.82) is 0 Å². The topological polar surface area (TPSA) is 52.6 Å². The summed E-state index contributed by atoms with van der Waals surface area (Å²) in [5, 5.41) is 0. The van der Waals surface area contributed by atoms with E-state index in [1.54, 1.807) is 6.92 Å². The minimum Gasteiger partial charge on any atom is -0.466 e. The first-order valence-electron chi connectivity index (χ1n) is 5.17. The van der Waals surface area contributed by atoms with Crippen LogP contribution in [0, 0.1) is 0 Å². The largest absolute Gasteiger partial charge is 0.466 e. The predicted molar refractivity (Wildman–Crippen MR) is 52.1 cm³/mol. The van der Waals surface area contributed by atoms with Gasteiger partial charge < -0.3 is 9.47 Å². The first-order valence-corrected chi connectivity index (χ1v) is 5.17. The Hall–Kier alpha value is -1.27. The average molecular weight is 256 g/mol. The smallest absolute Gasteiger partial charge is 0.425 e. The molecule has 0 aliphatic carbocycles. The van der Waals surface area contributed by atoms with Crippen LogP contribution >= 0.6 is 0 Å². The number of hydrogen-bond acceptors (Lipinski definition) is 4. The number of halogens is 3. The van der Waals surface area contributed by atoms with Crippen LogP contribution in [0.4, 0.5) is 13.2 Å². The maximum atomic E-state index is 12.4. The molecule has 0 unspecified atom stereocenters. The normalized spacial score (nSPS) is 13.0. The van der Waals surface area contributed by atoms with Crippen molar-refractivity contribution >= 4 is 11.9 Å². The van der Waals surface area contributed by atoms with Crippen LogP contribution in [0.5, 0.6) is 0 Å². The van der Waals surface area contributed by atoms with Gasteiger partial charge in [-0.3, -0.25) is 9.59 Å². The van der Waals surface area contributed by atoms with Gasteiger partial charge in [-0.2, -0.15) is 13.2 Å². The minimum absolute atomic E-state index is 0.0453. The highest BCUT2D eigenvalue weighted by Gasteiger charge is 2.41. The van der Waals surface area contributed by atoms with Gasteiger partial charge >= 0.3 is 18.1 Å². The fraction of sp³-hybridized carbons (Fsp3) is 0.800. The maximum Gasteiger partial charge on any atom is 0.425 e. The van der Waals surface area contributed by atoms with Crippen LogP contribution in [0.25, 0.3) is 0 Å². The van der Waals surface area contributed by atoms with Crippen molar-refractivity contribution in [1.82, 2.24) is 0 Å². The van der Waals surface area contributed by atoms with Crippen LogP contribution in [0.15, 0.2) is 0 Å². The van der Waals surface area contributed by atoms with Crippen LogP contribution in [-0.2, 0) is 19.1 Å². The number of esters is 2. The molecule has 0 aliphatic rings. The highest BCUT2D eigenvalue weighted by atomic mass is 19.4. The van der Waals surface area contributed by atoms with Crippen molar-refractivity contribution < 1.29 is 32.2 Å². The van der Waals surface area contributed by atoms with Gasteiger partial charge in [-0.05, 0) is 19.8 Å². The number of ether oxygens (including phenoxy) is 2. The van der Waals surface area contributed by atoms with E-state index in [1.807, 2.05) is 0 Å². The van der Waals surface area contributed by atoms with E-state index in [9.17, 15) is 22.8 Å². The Morgan fingerprint density at radius 2 is 1.88 bits per heavy atom. The molecule has 0 amide bonds. The zero-order chi connectivity index (χ0) is 13.5. The van der Waals surface area contributed by atoms with Gasteiger partial charge in [-0.1, -0.05) is 0 Å². The summed E-state index contributed by atoms with van der Waals surface area (Å²) in [6, 6.07) is 0. The van der Waals surface area contributed by atoms with Gasteiger partial charge in [0, 0.05) is 13.3 Å². The molecule has 0 radical (unpaired) electrons. The lowest BCUT2D eigenvalue weighted by atomic mass is 10.1. The van der Waals surface area contributed by atoms with Crippen LogP contribution < -0.4 is 0 Å². The highest BCUT2D eigenvalue weighted by molar-refractivity contribution is 5.69. The fourth-order valence-corrected chi connectivity index (χ4v) is 1.15. The number of rotatable bonds is 6. The minimum atomic E-state index is -4.61. The van der Waals surface area contributed by atoms with Crippen molar-refractivity contribution in [2.75, 3.05) is 6.61 Å². The zero-order valence-corrected chi connectivity index (χ0v) is 9.67. The molecule has 100 valence electrons. The molecule has 0 aromatic rings. The molecule has 0 fully saturated rings. The molecule has 4 nitrogen and oxygen atoms in total. The molecule has 0 spiro atoms. The Balaban J connectivity index is 4.09. The molecular weight excluding hydrogens is 241 g/mol. The summed E-state index contributed by atoms with van der Waals surface area (Å²) in [7, 11) is 0. The third-order valence-corrected chi connectivity index (χ3v) is 1.83. The number of alkyl halides is 3. The first-order chi connectivity index (χ1) is 7.77. The molecule has 0 saturated heterocycles. The van der Waals surface area contributed by atoms with Gasteiger partial charge in [-0.25, -0.2) is 0 Å². The fourth-order valence-electron chi connectivity index (χ4n) is 1.15. The van der Waals surface area contributed by atoms with Gasteiger partial charge in [0.15, 0.2) is 6.10 Å². The quantitative estimate of drug-likeness (QED) is 0.684. The van der Waals surface area contributed by atoms with Crippen molar-refractivity contribution in [2.45, 2.75) is 45.4 Å². The van der Waals surface area contributed by atoms with Gasteiger partial charge in [0.25, 0.3) is 0 Å². The van der Waals surface area contributed by atoms with Gasteiger partial charge in [0.1, 0.15) is 0 Å². The highest BCUT2D eigenvalue weighted by Crippen LogP contribution is 2.26. The summed E-state index contributed by atoms with van der Waals surface area (Å²) >= 11 is 0. The van der Waals surface area contributed by atoms with E-state index in [0.29, 0.717) is 0 Å². The van der Waals surface area contributed by atoms with E-state index in [2.05, 4.69) is 9.47 Å². The number of hydrogen-bond donors (Lipinski definition) is 0. The molecular formula is C10H15F3O4. The summed E-state index contributed by atoms with van der Waals surface area (Å²) in [4.78, 5) is 21.4. The molecule has 7 heteroatoms. The number of carbonyl (C=O) groups excluding carboxylic acids is 2. The maximum absolute atomic E-state index is 12.4. The summed E-state index contributed by atoms with van der Waals surface area (Å²) in [6.07, 6.45) is -7.38. The third kappa shape index (κ3) is 7.59. The van der Waals surface area contributed by atoms with Gasteiger partial charge in [-0.15, -0.1) is 0 Å². The van der Waals surface area contributed by atoms with Crippen LogP contribution in [0.2, 0.25) is 0 Å².